The number of nitrogens with two attached hydrogens (primary N) is 2. The molecule has 39 heavy (non-hydrogen) atoms. The average Bonchev–Trinajstić information content (AvgIpc) is 2.86. The van der Waals surface area contributed by atoms with E-state index in [1.165, 1.54) is 6.08 Å². The minimum absolute atomic E-state index is 0.0747. The molecule has 206 valence electrons. The number of fused-ring (bicyclic) bond motifs is 3. The highest BCUT2D eigenvalue weighted by atomic mass is 16.3. The maximum absolute atomic E-state index is 13.8. The molecule has 10 heteroatoms. The lowest BCUT2D eigenvalue weighted by molar-refractivity contribution is -0.149. The van der Waals surface area contributed by atoms with Crippen LogP contribution in [0.25, 0.3) is 0 Å². The van der Waals surface area contributed by atoms with Gasteiger partial charge < -0.3 is 31.9 Å². The van der Waals surface area contributed by atoms with Gasteiger partial charge in [-0.1, -0.05) is 18.2 Å². The normalized spacial score (nSPS) is 32.4. The minimum Gasteiger partial charge on any atom is -0.510 e. The van der Waals surface area contributed by atoms with Crippen molar-refractivity contribution in [3.8, 4) is 0 Å². The lowest BCUT2D eigenvalue weighted by Gasteiger charge is -2.51. The second kappa shape index (κ2) is 9.39. The monoisotopic (exact) mass is 535 g/mol. The highest BCUT2D eigenvalue weighted by Crippen LogP contribution is 2.54. The number of Topliss-reactive ketones (excluding diaryl/α,β-unsaturated/α-hetero) is 2. The van der Waals surface area contributed by atoms with Crippen LogP contribution in [0.3, 0.4) is 0 Å². The van der Waals surface area contributed by atoms with Crippen LogP contribution in [0.15, 0.2) is 70.4 Å². The van der Waals surface area contributed by atoms with E-state index in [4.69, 9.17) is 11.5 Å². The fourth-order valence-electron chi connectivity index (χ4n) is 6.98. The first-order valence-corrected chi connectivity index (χ1v) is 13.0. The van der Waals surface area contributed by atoms with Crippen LogP contribution >= 0.6 is 0 Å². The Bertz CT molecular complexity index is 1390. The third kappa shape index (κ3) is 3.97. The molecule has 1 amide bonds. The number of aryl methyl sites for hydroxylation is 1. The summed E-state index contributed by atoms with van der Waals surface area (Å²) in [6.07, 6.45) is 5.27. The van der Waals surface area contributed by atoms with Gasteiger partial charge in [-0.2, -0.15) is 0 Å². The van der Waals surface area contributed by atoms with Gasteiger partial charge in [-0.25, -0.2) is 0 Å². The number of rotatable bonds is 5. The summed E-state index contributed by atoms with van der Waals surface area (Å²) in [6.45, 7) is 0. The van der Waals surface area contributed by atoms with Gasteiger partial charge in [0.05, 0.1) is 6.04 Å². The zero-order chi connectivity index (χ0) is 28.4. The predicted octanol–water partition coefficient (Wildman–Crippen LogP) is 1.78. The van der Waals surface area contributed by atoms with Gasteiger partial charge >= 0.3 is 0 Å². The van der Waals surface area contributed by atoms with Crippen molar-refractivity contribution < 1.29 is 34.8 Å². The van der Waals surface area contributed by atoms with Crippen LogP contribution in [0.5, 0.6) is 0 Å². The third-order valence-corrected chi connectivity index (χ3v) is 8.83. The number of hydrogen-bond donors (Lipinski definition) is 6. The molecule has 0 bridgehead atoms. The molecule has 2 unspecified atom stereocenters. The van der Waals surface area contributed by atoms with Gasteiger partial charge in [-0.3, -0.25) is 19.3 Å². The molecule has 0 radical (unpaired) electrons. The number of primary amides is 1. The number of aliphatic hydroxyl groups excluding tert-OH is 3. The largest absolute Gasteiger partial charge is 0.510 e. The summed E-state index contributed by atoms with van der Waals surface area (Å²) in [5, 5.41) is 44.7. The fourth-order valence-corrected chi connectivity index (χ4v) is 6.98. The quantitative estimate of drug-likeness (QED) is 0.241. The molecule has 1 fully saturated rings. The number of carbonyl (C=O) groups excluding carboxylic acids is 3. The Balaban J connectivity index is 1.54. The van der Waals surface area contributed by atoms with Crippen LogP contribution in [0, 0.1) is 23.7 Å². The van der Waals surface area contributed by atoms with Gasteiger partial charge in [-0.15, -0.1) is 0 Å². The number of aliphatic hydroxyl groups is 4. The summed E-state index contributed by atoms with van der Waals surface area (Å²) in [5.41, 5.74) is 9.48. The van der Waals surface area contributed by atoms with Crippen molar-refractivity contribution in [3.05, 3.63) is 76.0 Å². The second-order valence-corrected chi connectivity index (χ2v) is 11.2. The fraction of sp³-hybridized carbons (Fsp3) is 0.414. The van der Waals surface area contributed by atoms with Gasteiger partial charge in [0.1, 0.15) is 22.9 Å². The SMILES string of the molecule is CN(C)[C@@H]1C(O)=C(C(N)=O)C(=O)[C@@]2(O)C(O)=C3C(=O)C4=C(O)C=CC(CCc5ccc(N)cc5)C4C[C@H]3C[C@@H]12. The Morgan fingerprint density at radius 1 is 1.08 bits per heavy atom. The van der Waals surface area contributed by atoms with E-state index in [0.717, 1.165) is 12.0 Å². The summed E-state index contributed by atoms with van der Waals surface area (Å²) in [6, 6.07) is 6.55. The number of ketones is 2. The number of hydrogen-bond acceptors (Lipinski definition) is 9. The standard InChI is InChI=1S/C29H33N3O7/c1-32(2)23-18-12-15-11-17-14(6-3-13-4-8-16(30)9-5-13)7-10-19(33)21(17)24(34)20(15)26(36)29(18,39)27(37)22(25(23)35)28(31)38/h4-5,7-10,14-15,17-18,23,33,35-36,39H,3,6,11-12,30H2,1-2H3,(H2,31,38)/t14?,15-,17?,18-,23-,29-/m0/s1. The molecule has 0 saturated heterocycles. The Hall–Kier alpha value is -3.89. The molecular weight excluding hydrogens is 502 g/mol. The van der Waals surface area contributed by atoms with E-state index in [0.29, 0.717) is 18.5 Å². The Kier molecular flexibility index (Phi) is 6.43. The topological polar surface area (TPSA) is 187 Å². The Morgan fingerprint density at radius 2 is 1.74 bits per heavy atom. The number of allylic oxidation sites excluding steroid dienone is 4. The molecule has 6 atom stereocenters. The molecule has 0 spiro atoms. The molecule has 8 N–H and O–H groups in total. The second-order valence-electron chi connectivity index (χ2n) is 11.2. The van der Waals surface area contributed by atoms with Crippen LogP contribution in [0.1, 0.15) is 24.8 Å². The first-order chi connectivity index (χ1) is 18.4. The molecule has 1 aromatic carbocycles. The number of nitrogen functional groups attached to an aromatic ring is 1. The Morgan fingerprint density at radius 3 is 2.36 bits per heavy atom. The number of anilines is 1. The van der Waals surface area contributed by atoms with Crippen molar-refractivity contribution in [3.63, 3.8) is 0 Å². The smallest absolute Gasteiger partial charge is 0.255 e. The van der Waals surface area contributed by atoms with Gasteiger partial charge in [-0.05, 0) is 81.3 Å². The maximum atomic E-state index is 13.8. The molecule has 0 aliphatic heterocycles. The van der Waals surface area contributed by atoms with E-state index in [-0.39, 0.29) is 35.2 Å². The van der Waals surface area contributed by atoms with Gasteiger partial charge in [0, 0.05) is 22.8 Å². The van der Waals surface area contributed by atoms with Crippen LogP contribution in [-0.4, -0.2) is 68.5 Å². The van der Waals surface area contributed by atoms with Crippen LogP contribution in [0.4, 0.5) is 5.69 Å². The lowest BCUT2D eigenvalue weighted by atomic mass is 9.56. The average molecular weight is 536 g/mol. The molecule has 10 nitrogen and oxygen atoms in total. The molecule has 4 aliphatic carbocycles. The van der Waals surface area contributed by atoms with Gasteiger partial charge in [0.2, 0.25) is 5.78 Å². The zero-order valence-electron chi connectivity index (χ0n) is 21.8. The van der Waals surface area contributed by atoms with E-state index in [2.05, 4.69) is 0 Å². The Labute approximate surface area is 225 Å². The summed E-state index contributed by atoms with van der Waals surface area (Å²) in [4.78, 5) is 40.8. The predicted molar refractivity (Wildman–Crippen MR) is 142 cm³/mol. The lowest BCUT2D eigenvalue weighted by Crippen LogP contribution is -2.64. The van der Waals surface area contributed by atoms with Crippen molar-refractivity contribution in [2.45, 2.75) is 37.3 Å². The van der Waals surface area contributed by atoms with Crippen molar-refractivity contribution >= 4 is 23.2 Å². The first-order valence-electron chi connectivity index (χ1n) is 13.0. The van der Waals surface area contributed by atoms with Gasteiger partial charge in [0.15, 0.2) is 11.4 Å². The molecule has 0 aromatic heterocycles. The molecule has 0 heterocycles. The van der Waals surface area contributed by atoms with E-state index < -0.39 is 58.0 Å². The van der Waals surface area contributed by atoms with E-state index in [1.54, 1.807) is 19.0 Å². The van der Waals surface area contributed by atoms with E-state index >= 15 is 0 Å². The van der Waals surface area contributed by atoms with E-state index in [9.17, 15) is 34.8 Å². The number of likely N-dealkylation sites (N-methyl/N-ethyl adjacent to an activating group) is 1. The summed E-state index contributed by atoms with van der Waals surface area (Å²) in [7, 11) is 3.21. The van der Waals surface area contributed by atoms with E-state index in [1.807, 2.05) is 30.3 Å². The molecular formula is C29H33N3O7. The molecule has 4 aliphatic rings. The summed E-state index contributed by atoms with van der Waals surface area (Å²) >= 11 is 0. The molecule has 5 rings (SSSR count). The van der Waals surface area contributed by atoms with Crippen molar-refractivity contribution in [1.29, 1.82) is 0 Å². The summed E-state index contributed by atoms with van der Waals surface area (Å²) < 4.78 is 0. The van der Waals surface area contributed by atoms with Gasteiger partial charge in [0.25, 0.3) is 5.91 Å². The van der Waals surface area contributed by atoms with Crippen LogP contribution in [0.2, 0.25) is 0 Å². The number of nitrogens with zero attached hydrogens (tertiary/aromatic N) is 1. The van der Waals surface area contributed by atoms with Crippen molar-refractivity contribution in [2.75, 3.05) is 19.8 Å². The molecule has 1 aromatic rings. The van der Waals surface area contributed by atoms with Crippen LogP contribution < -0.4 is 11.5 Å². The number of benzene rings is 1. The molecule has 1 saturated carbocycles. The highest BCUT2D eigenvalue weighted by Gasteiger charge is 2.63. The highest BCUT2D eigenvalue weighted by molar-refractivity contribution is 6.24. The first kappa shape index (κ1) is 26.7. The van der Waals surface area contributed by atoms with Crippen molar-refractivity contribution in [2.24, 2.45) is 29.4 Å². The summed E-state index contributed by atoms with van der Waals surface area (Å²) in [5.74, 6) is -6.74. The minimum atomic E-state index is -2.63. The third-order valence-electron chi connectivity index (χ3n) is 8.83. The van der Waals surface area contributed by atoms with Crippen LogP contribution in [-0.2, 0) is 20.8 Å². The zero-order valence-corrected chi connectivity index (χ0v) is 21.8. The number of carbonyl (C=O) groups is 3. The van der Waals surface area contributed by atoms with Crippen molar-refractivity contribution in [1.82, 2.24) is 4.90 Å². The number of amides is 1. The maximum Gasteiger partial charge on any atom is 0.255 e.